The van der Waals surface area contributed by atoms with Gasteiger partial charge in [0.2, 0.25) is 5.91 Å². The molecule has 0 rings (SSSR count). The number of hydrogen-bond donors (Lipinski definition) is 2. The van der Waals surface area contributed by atoms with Gasteiger partial charge in [0.05, 0.1) is 0 Å². The maximum absolute atomic E-state index is 10.5. The fourth-order valence-corrected chi connectivity index (χ4v) is 0.476. The average molecular weight is 163 g/mol. The van der Waals surface area contributed by atoms with Crippen LogP contribution >= 0.6 is 12.8 Å². The maximum Gasteiger partial charge on any atom is 0.327 e. The molecule has 0 aliphatic heterocycles. The summed E-state index contributed by atoms with van der Waals surface area (Å²) in [5, 5.41) is 8.36. The number of carbonyl (C=O) groups is 2. The molecule has 10 heavy (non-hydrogen) atoms. The summed E-state index contributed by atoms with van der Waals surface area (Å²) in [7, 11) is 0. The molecule has 1 unspecified atom stereocenters. The van der Waals surface area contributed by atoms with Crippen LogP contribution in [0, 0.1) is 0 Å². The van der Waals surface area contributed by atoms with Gasteiger partial charge in [-0.05, 0) is 6.92 Å². The molecule has 0 aromatic rings. The van der Waals surface area contributed by atoms with Crippen molar-refractivity contribution in [1.82, 2.24) is 4.31 Å². The molecule has 0 radical (unpaired) electrons. The lowest BCUT2D eigenvalue weighted by molar-refractivity contribution is -0.144. The number of aliphatic carboxylic acids is 1. The first kappa shape index (κ1) is 9.29. The molecule has 1 N–H and O–H groups in total. The first-order chi connectivity index (χ1) is 4.46. The number of carboxylic acids is 1. The fraction of sp³-hybridized carbons (Fsp3) is 0.600. The monoisotopic (exact) mass is 163 g/mol. The van der Waals surface area contributed by atoms with Crippen molar-refractivity contribution in [3.63, 3.8) is 0 Å². The van der Waals surface area contributed by atoms with Crippen molar-refractivity contribution in [2.24, 2.45) is 0 Å². The Kier molecular flexibility index (Phi) is 3.21. The number of nitrogens with zero attached hydrogens (tertiary/aromatic N) is 1. The highest BCUT2D eigenvalue weighted by atomic mass is 32.1. The third-order valence-electron chi connectivity index (χ3n) is 1.05. The molecule has 0 saturated carbocycles. The van der Waals surface area contributed by atoms with Crippen molar-refractivity contribution < 1.29 is 14.7 Å². The van der Waals surface area contributed by atoms with Crippen molar-refractivity contribution >= 4 is 24.7 Å². The summed E-state index contributed by atoms with van der Waals surface area (Å²) < 4.78 is 0.863. The van der Waals surface area contributed by atoms with Crippen LogP contribution in [0.2, 0.25) is 0 Å². The van der Waals surface area contributed by atoms with E-state index >= 15 is 0 Å². The minimum absolute atomic E-state index is 0.377. The third-order valence-corrected chi connectivity index (χ3v) is 1.67. The molecule has 1 amide bonds. The van der Waals surface area contributed by atoms with Gasteiger partial charge in [-0.3, -0.25) is 9.10 Å². The van der Waals surface area contributed by atoms with Crippen LogP contribution in [0.1, 0.15) is 13.8 Å². The highest BCUT2D eigenvalue weighted by molar-refractivity contribution is 7.78. The molecule has 0 bridgehead atoms. The minimum atomic E-state index is -1.06. The second-order valence-corrected chi connectivity index (χ2v) is 2.31. The Balaban J connectivity index is 4.07. The van der Waals surface area contributed by atoms with E-state index in [4.69, 9.17) is 5.11 Å². The summed E-state index contributed by atoms with van der Waals surface area (Å²) in [5.41, 5.74) is 0. The SMILES string of the molecule is CC(=O)N(S)C(C)C(=O)O. The molecule has 0 spiro atoms. The zero-order chi connectivity index (χ0) is 8.31. The van der Waals surface area contributed by atoms with Gasteiger partial charge in [-0.25, -0.2) is 4.79 Å². The first-order valence-electron chi connectivity index (χ1n) is 2.68. The Labute approximate surface area is 64.4 Å². The average Bonchev–Trinajstić information content (AvgIpc) is 1.84. The molecule has 0 aromatic heterocycles. The van der Waals surface area contributed by atoms with Crippen LogP contribution in [0.15, 0.2) is 0 Å². The Morgan fingerprint density at radius 3 is 2.10 bits per heavy atom. The molecule has 0 heterocycles. The molecule has 0 aliphatic rings. The predicted molar refractivity (Wildman–Crippen MR) is 38.6 cm³/mol. The summed E-state index contributed by atoms with van der Waals surface area (Å²) in [6.07, 6.45) is 0. The third kappa shape index (κ3) is 2.26. The van der Waals surface area contributed by atoms with Gasteiger partial charge in [0.1, 0.15) is 6.04 Å². The molecule has 1 atom stereocenters. The van der Waals surface area contributed by atoms with Crippen molar-refractivity contribution in [3.05, 3.63) is 0 Å². The van der Waals surface area contributed by atoms with E-state index in [9.17, 15) is 9.59 Å². The maximum atomic E-state index is 10.5. The predicted octanol–water partition coefficient (Wildman–Crippen LogP) is 0.153. The van der Waals surface area contributed by atoms with Crippen LogP contribution < -0.4 is 0 Å². The molecule has 0 aliphatic carbocycles. The van der Waals surface area contributed by atoms with E-state index in [0.717, 1.165) is 4.31 Å². The number of carbonyl (C=O) groups excluding carboxylic acids is 1. The van der Waals surface area contributed by atoms with Gasteiger partial charge in [0.25, 0.3) is 0 Å². The summed E-state index contributed by atoms with van der Waals surface area (Å²) in [6, 6.07) is -0.874. The van der Waals surface area contributed by atoms with Crippen molar-refractivity contribution in [3.8, 4) is 0 Å². The fourth-order valence-electron chi connectivity index (χ4n) is 0.377. The van der Waals surface area contributed by atoms with Crippen LogP contribution in [-0.4, -0.2) is 27.3 Å². The lowest BCUT2D eigenvalue weighted by Gasteiger charge is -2.16. The minimum Gasteiger partial charge on any atom is -0.480 e. The van der Waals surface area contributed by atoms with Crippen LogP contribution in [0.3, 0.4) is 0 Å². The highest BCUT2D eigenvalue weighted by Gasteiger charge is 2.19. The molecular weight excluding hydrogens is 154 g/mol. The lowest BCUT2D eigenvalue weighted by atomic mass is 10.3. The lowest BCUT2D eigenvalue weighted by Crippen LogP contribution is -2.35. The molecule has 0 aromatic carbocycles. The van der Waals surface area contributed by atoms with Gasteiger partial charge in [-0.2, -0.15) is 0 Å². The van der Waals surface area contributed by atoms with Crippen molar-refractivity contribution in [1.29, 1.82) is 0 Å². The largest absolute Gasteiger partial charge is 0.480 e. The summed E-state index contributed by atoms with van der Waals surface area (Å²) >= 11 is 3.66. The molecule has 4 nitrogen and oxygen atoms in total. The van der Waals surface area contributed by atoms with E-state index in [1.807, 2.05) is 0 Å². The van der Waals surface area contributed by atoms with Crippen LogP contribution in [-0.2, 0) is 9.59 Å². The number of hydrogen-bond acceptors (Lipinski definition) is 3. The standard InChI is InChI=1S/C5H9NO3S/c1-3(5(8)9)6(10)4(2)7/h3,10H,1-2H3,(H,8,9). The van der Waals surface area contributed by atoms with E-state index < -0.39 is 12.0 Å². The Morgan fingerprint density at radius 1 is 1.60 bits per heavy atom. The van der Waals surface area contributed by atoms with Crippen molar-refractivity contribution in [2.75, 3.05) is 0 Å². The van der Waals surface area contributed by atoms with E-state index in [1.54, 1.807) is 0 Å². The molecule has 0 saturated heterocycles. The second kappa shape index (κ2) is 3.46. The molecule has 5 heteroatoms. The topological polar surface area (TPSA) is 57.6 Å². The van der Waals surface area contributed by atoms with Gasteiger partial charge < -0.3 is 5.11 Å². The first-order valence-corrected chi connectivity index (χ1v) is 3.08. The number of thiol groups is 1. The highest BCUT2D eigenvalue weighted by Crippen LogP contribution is 2.02. The summed E-state index contributed by atoms with van der Waals surface area (Å²) in [4.78, 5) is 20.7. The molecule has 0 fully saturated rings. The molecular formula is C5H9NO3S. The summed E-state index contributed by atoms with van der Waals surface area (Å²) in [6.45, 7) is 2.64. The van der Waals surface area contributed by atoms with Crippen LogP contribution in [0.4, 0.5) is 0 Å². The Bertz CT molecular complexity index is 141. The quantitative estimate of drug-likeness (QED) is 0.570. The van der Waals surface area contributed by atoms with Gasteiger partial charge in [-0.1, -0.05) is 12.8 Å². The van der Waals surface area contributed by atoms with Crippen molar-refractivity contribution in [2.45, 2.75) is 19.9 Å². The summed E-state index contributed by atoms with van der Waals surface area (Å²) in [5.74, 6) is -1.44. The van der Waals surface area contributed by atoms with E-state index in [0.29, 0.717) is 0 Å². The normalized spacial score (nSPS) is 12.3. The van der Waals surface area contributed by atoms with E-state index in [1.165, 1.54) is 13.8 Å². The van der Waals surface area contributed by atoms with E-state index in [2.05, 4.69) is 12.8 Å². The van der Waals surface area contributed by atoms with Gasteiger partial charge in [-0.15, -0.1) is 0 Å². The zero-order valence-corrected chi connectivity index (χ0v) is 6.63. The Hall–Kier alpha value is -0.710. The number of amides is 1. The number of carboxylic acid groups (broad SMARTS) is 1. The smallest absolute Gasteiger partial charge is 0.327 e. The molecule has 58 valence electrons. The van der Waals surface area contributed by atoms with Crippen LogP contribution in [0.25, 0.3) is 0 Å². The van der Waals surface area contributed by atoms with Gasteiger partial charge >= 0.3 is 5.97 Å². The number of rotatable bonds is 2. The van der Waals surface area contributed by atoms with Gasteiger partial charge in [0.15, 0.2) is 0 Å². The van der Waals surface area contributed by atoms with Crippen LogP contribution in [0.5, 0.6) is 0 Å². The van der Waals surface area contributed by atoms with Gasteiger partial charge in [0, 0.05) is 6.92 Å². The second-order valence-electron chi connectivity index (χ2n) is 1.88. The zero-order valence-electron chi connectivity index (χ0n) is 5.74. The van der Waals surface area contributed by atoms with E-state index in [-0.39, 0.29) is 5.91 Å². The Morgan fingerprint density at radius 2 is 2.00 bits per heavy atom.